The van der Waals surface area contributed by atoms with E-state index in [2.05, 4.69) is 5.10 Å². The molecule has 2 rings (SSSR count). The summed E-state index contributed by atoms with van der Waals surface area (Å²) in [5, 5.41) is 14.6. The summed E-state index contributed by atoms with van der Waals surface area (Å²) in [5.41, 5.74) is 6.43. The predicted octanol–water partition coefficient (Wildman–Crippen LogP) is 1.36. The van der Waals surface area contributed by atoms with E-state index in [-0.39, 0.29) is 5.69 Å². The zero-order valence-corrected chi connectivity index (χ0v) is 7.70. The average molecular weight is 204 g/mol. The van der Waals surface area contributed by atoms with Crippen LogP contribution in [0.5, 0.6) is 0 Å². The molecule has 2 aromatic rings. The maximum Gasteiger partial charge on any atom is 0.273 e. The number of nitro benzene ring substituents is 1. The lowest BCUT2D eigenvalue weighted by Gasteiger charge is -2.02. The van der Waals surface area contributed by atoms with Crippen LogP contribution < -0.4 is 5.73 Å². The molecule has 0 amide bonds. The van der Waals surface area contributed by atoms with Gasteiger partial charge in [-0.15, -0.1) is 0 Å². The van der Waals surface area contributed by atoms with Gasteiger partial charge < -0.3 is 5.73 Å². The number of anilines is 1. The fourth-order valence-corrected chi connectivity index (χ4v) is 1.28. The number of rotatable bonds is 2. The Labute approximate surface area is 85.1 Å². The Morgan fingerprint density at radius 2 is 2.20 bits per heavy atom. The standard InChI is InChI=1S/C9H8N4O2/c10-7-4-8(12-3-1-2-11-12)6-9(5-7)13(14)15/h1-6H,10H2. The fourth-order valence-electron chi connectivity index (χ4n) is 1.28. The second-order valence-corrected chi connectivity index (χ2v) is 2.99. The van der Waals surface area contributed by atoms with Crippen molar-refractivity contribution >= 4 is 11.4 Å². The molecule has 0 atom stereocenters. The van der Waals surface area contributed by atoms with Crippen LogP contribution in [0.2, 0.25) is 0 Å². The molecular weight excluding hydrogens is 196 g/mol. The first-order valence-electron chi connectivity index (χ1n) is 4.22. The maximum atomic E-state index is 10.6. The molecule has 6 nitrogen and oxygen atoms in total. The lowest BCUT2D eigenvalue weighted by Crippen LogP contribution is -1.98. The molecule has 0 bridgehead atoms. The Hall–Kier alpha value is -2.37. The molecule has 1 aromatic heterocycles. The highest BCUT2D eigenvalue weighted by molar-refractivity contribution is 5.55. The highest BCUT2D eigenvalue weighted by Crippen LogP contribution is 2.20. The summed E-state index contributed by atoms with van der Waals surface area (Å²) in [6.45, 7) is 0. The van der Waals surface area contributed by atoms with E-state index in [1.807, 2.05) is 0 Å². The van der Waals surface area contributed by atoms with Gasteiger partial charge >= 0.3 is 0 Å². The lowest BCUT2D eigenvalue weighted by molar-refractivity contribution is -0.384. The highest BCUT2D eigenvalue weighted by atomic mass is 16.6. The van der Waals surface area contributed by atoms with Gasteiger partial charge in [-0.3, -0.25) is 10.1 Å². The van der Waals surface area contributed by atoms with Gasteiger partial charge in [0.1, 0.15) is 0 Å². The third-order valence-electron chi connectivity index (χ3n) is 1.90. The van der Waals surface area contributed by atoms with Crippen molar-refractivity contribution in [3.63, 3.8) is 0 Å². The first-order valence-corrected chi connectivity index (χ1v) is 4.22. The topological polar surface area (TPSA) is 87.0 Å². The molecule has 0 aliphatic carbocycles. The molecule has 0 unspecified atom stereocenters. The van der Waals surface area contributed by atoms with Crippen molar-refractivity contribution in [3.8, 4) is 5.69 Å². The monoisotopic (exact) mass is 204 g/mol. The van der Waals surface area contributed by atoms with Crippen LogP contribution in [0.1, 0.15) is 0 Å². The molecule has 0 saturated carbocycles. The van der Waals surface area contributed by atoms with Crippen molar-refractivity contribution in [1.82, 2.24) is 9.78 Å². The molecule has 1 aromatic carbocycles. The van der Waals surface area contributed by atoms with E-state index in [9.17, 15) is 10.1 Å². The first-order chi connectivity index (χ1) is 7.16. The molecule has 0 radical (unpaired) electrons. The van der Waals surface area contributed by atoms with E-state index in [0.29, 0.717) is 11.4 Å². The Balaban J connectivity index is 2.54. The minimum Gasteiger partial charge on any atom is -0.398 e. The van der Waals surface area contributed by atoms with Gasteiger partial charge in [-0.1, -0.05) is 0 Å². The molecule has 0 aliphatic heterocycles. The highest BCUT2D eigenvalue weighted by Gasteiger charge is 2.09. The van der Waals surface area contributed by atoms with Gasteiger partial charge in [-0.2, -0.15) is 5.10 Å². The zero-order chi connectivity index (χ0) is 10.8. The van der Waals surface area contributed by atoms with Crippen molar-refractivity contribution in [2.24, 2.45) is 0 Å². The summed E-state index contributed by atoms with van der Waals surface area (Å²) in [5.74, 6) is 0. The molecule has 0 spiro atoms. The van der Waals surface area contributed by atoms with Crippen LogP contribution in [0.15, 0.2) is 36.7 Å². The van der Waals surface area contributed by atoms with E-state index in [1.165, 1.54) is 16.8 Å². The molecule has 6 heteroatoms. The van der Waals surface area contributed by atoms with Crippen LogP contribution in [0, 0.1) is 10.1 Å². The molecule has 76 valence electrons. The number of nitrogens with zero attached hydrogens (tertiary/aromatic N) is 3. The van der Waals surface area contributed by atoms with E-state index in [1.54, 1.807) is 24.5 Å². The Bertz CT molecular complexity index is 493. The Kier molecular flexibility index (Phi) is 2.09. The molecule has 15 heavy (non-hydrogen) atoms. The summed E-state index contributed by atoms with van der Waals surface area (Å²) < 4.78 is 1.52. The molecular formula is C9H8N4O2. The van der Waals surface area contributed by atoms with Gasteiger partial charge in [-0.25, -0.2) is 4.68 Å². The first kappa shape index (κ1) is 9.20. The fraction of sp³-hybridized carbons (Fsp3) is 0. The molecule has 0 saturated heterocycles. The summed E-state index contributed by atoms with van der Waals surface area (Å²) in [4.78, 5) is 10.1. The smallest absolute Gasteiger partial charge is 0.273 e. The van der Waals surface area contributed by atoms with Crippen LogP contribution in [0.25, 0.3) is 5.69 Å². The van der Waals surface area contributed by atoms with Crippen molar-refractivity contribution in [1.29, 1.82) is 0 Å². The number of non-ortho nitro benzene ring substituents is 1. The third kappa shape index (κ3) is 1.78. The molecule has 0 aliphatic rings. The minimum atomic E-state index is -0.483. The van der Waals surface area contributed by atoms with Gasteiger partial charge in [0.05, 0.1) is 10.6 Å². The normalized spacial score (nSPS) is 10.1. The Morgan fingerprint density at radius 1 is 1.40 bits per heavy atom. The number of nitrogens with two attached hydrogens (primary N) is 1. The summed E-state index contributed by atoms with van der Waals surface area (Å²) in [7, 11) is 0. The number of nitrogen functional groups attached to an aromatic ring is 1. The number of aromatic nitrogens is 2. The second kappa shape index (κ2) is 3.41. The van der Waals surface area contributed by atoms with E-state index >= 15 is 0 Å². The van der Waals surface area contributed by atoms with Crippen LogP contribution in [-0.4, -0.2) is 14.7 Å². The van der Waals surface area contributed by atoms with Crippen molar-refractivity contribution in [3.05, 3.63) is 46.8 Å². The largest absolute Gasteiger partial charge is 0.398 e. The SMILES string of the molecule is Nc1cc(-n2cccn2)cc([N+](=O)[O-])c1. The predicted molar refractivity (Wildman–Crippen MR) is 54.6 cm³/mol. The molecule has 2 N–H and O–H groups in total. The van der Waals surface area contributed by atoms with E-state index < -0.39 is 4.92 Å². The Morgan fingerprint density at radius 3 is 2.80 bits per heavy atom. The van der Waals surface area contributed by atoms with E-state index in [0.717, 1.165) is 0 Å². The van der Waals surface area contributed by atoms with E-state index in [4.69, 9.17) is 5.73 Å². The molecule has 0 fully saturated rings. The number of benzene rings is 1. The number of hydrogen-bond donors (Lipinski definition) is 1. The lowest BCUT2D eigenvalue weighted by atomic mass is 10.2. The zero-order valence-electron chi connectivity index (χ0n) is 7.70. The van der Waals surface area contributed by atoms with Gasteiger partial charge in [0.15, 0.2) is 0 Å². The second-order valence-electron chi connectivity index (χ2n) is 2.99. The minimum absolute atomic E-state index is 0.0412. The summed E-state index contributed by atoms with van der Waals surface area (Å²) in [6, 6.07) is 6.09. The van der Waals surface area contributed by atoms with Crippen molar-refractivity contribution in [2.75, 3.05) is 5.73 Å². The van der Waals surface area contributed by atoms with Gasteiger partial charge in [0, 0.05) is 30.2 Å². The van der Waals surface area contributed by atoms with Gasteiger partial charge in [-0.05, 0) is 12.1 Å². The van der Waals surface area contributed by atoms with Gasteiger partial charge in [0.25, 0.3) is 5.69 Å². The number of nitro groups is 1. The van der Waals surface area contributed by atoms with Crippen molar-refractivity contribution in [2.45, 2.75) is 0 Å². The maximum absolute atomic E-state index is 10.6. The quantitative estimate of drug-likeness (QED) is 0.454. The van der Waals surface area contributed by atoms with Crippen LogP contribution >= 0.6 is 0 Å². The van der Waals surface area contributed by atoms with Crippen LogP contribution in [0.3, 0.4) is 0 Å². The van der Waals surface area contributed by atoms with Crippen LogP contribution in [-0.2, 0) is 0 Å². The summed E-state index contributed by atoms with van der Waals surface area (Å²) in [6.07, 6.45) is 3.29. The van der Waals surface area contributed by atoms with Crippen LogP contribution in [0.4, 0.5) is 11.4 Å². The average Bonchev–Trinajstić information content (AvgIpc) is 2.69. The third-order valence-corrected chi connectivity index (χ3v) is 1.90. The van der Waals surface area contributed by atoms with Crippen molar-refractivity contribution < 1.29 is 4.92 Å². The molecule has 1 heterocycles. The number of hydrogen-bond acceptors (Lipinski definition) is 4. The van der Waals surface area contributed by atoms with Gasteiger partial charge in [0.2, 0.25) is 0 Å². The summed E-state index contributed by atoms with van der Waals surface area (Å²) >= 11 is 0.